The van der Waals surface area contributed by atoms with Crippen molar-refractivity contribution in [1.29, 1.82) is 0 Å². The van der Waals surface area contributed by atoms with Crippen molar-refractivity contribution in [1.82, 2.24) is 15.5 Å². The van der Waals surface area contributed by atoms with Crippen molar-refractivity contribution in [2.75, 3.05) is 52.8 Å². The van der Waals surface area contributed by atoms with Crippen LogP contribution in [-0.2, 0) is 19.5 Å². The van der Waals surface area contributed by atoms with Crippen LogP contribution in [0.3, 0.4) is 0 Å². The molecule has 0 aromatic carbocycles. The van der Waals surface area contributed by atoms with Crippen molar-refractivity contribution in [2.24, 2.45) is 0 Å². The average molecular weight is 518 g/mol. The molecule has 0 aromatic rings. The number of rotatable bonds is 5. The van der Waals surface area contributed by atoms with Gasteiger partial charge in [0.25, 0.3) is 0 Å². The Bertz CT molecular complexity index is 327. The van der Waals surface area contributed by atoms with Gasteiger partial charge in [-0.3, -0.25) is 0 Å². The molecule has 11 heteroatoms. The predicted molar refractivity (Wildman–Crippen MR) is 134 cm³/mol. The number of nitrogens with one attached hydrogen (secondary N) is 2. The van der Waals surface area contributed by atoms with Crippen molar-refractivity contribution >= 4 is 94.8 Å². The summed E-state index contributed by atoms with van der Waals surface area (Å²) in [5.41, 5.74) is 0. The molecule has 3 nitrogen and oxygen atoms in total. The largest absolute Gasteiger partial charge is 2.00 e. The summed E-state index contributed by atoms with van der Waals surface area (Å²) in [6.45, 7) is 16.7. The molecule has 0 unspecified atom stereocenters. The molecule has 0 radical (unpaired) electrons. The summed E-state index contributed by atoms with van der Waals surface area (Å²) in [5.74, 6) is 0. The van der Waals surface area contributed by atoms with Gasteiger partial charge in [0.05, 0.1) is 0 Å². The van der Waals surface area contributed by atoms with Crippen LogP contribution in [0.1, 0.15) is 13.8 Å². The first-order chi connectivity index (χ1) is 10.3. The van der Waals surface area contributed by atoms with Crippen molar-refractivity contribution in [3.8, 4) is 0 Å². The summed E-state index contributed by atoms with van der Waals surface area (Å²) in [6.07, 6.45) is 0. The molecule has 0 saturated heterocycles. The van der Waals surface area contributed by atoms with Crippen LogP contribution in [0.15, 0.2) is 0 Å². The third kappa shape index (κ3) is 43.8. The Hall–Kier alpha value is 1.77. The second kappa shape index (κ2) is 21.1. The predicted octanol–water partition coefficient (Wildman–Crippen LogP) is 3.66. The molecular formula is C13H31N3PS6Zn+3. The Morgan fingerprint density at radius 2 is 1.08 bits per heavy atom. The van der Waals surface area contributed by atoms with Gasteiger partial charge >= 0.3 is 19.5 Å². The average Bonchev–Trinajstić information content (AvgIpc) is 2.34. The van der Waals surface area contributed by atoms with Gasteiger partial charge in [-0.15, -0.1) is 37.9 Å². The standard InChI is InChI=1S/C5H11NS2.C4H8N2S4.C4H12P.Zn/c1-3-6(4-2)5(7)8;7-3(8)5-1-2-6-4(9)10;1-5(2,3)4;/h3-4H2,1-2H3,(H,7,8);1-2H2,(H2,5,7,8)(H2,6,9,10);1-4H3;/q;;+1;+2. The van der Waals surface area contributed by atoms with E-state index >= 15 is 0 Å². The topological polar surface area (TPSA) is 27.3 Å². The van der Waals surface area contributed by atoms with E-state index in [1.165, 1.54) is 0 Å². The molecule has 0 aliphatic heterocycles. The Morgan fingerprint density at radius 1 is 0.833 bits per heavy atom. The molecule has 0 aromatic heterocycles. The molecule has 0 heterocycles. The summed E-state index contributed by atoms with van der Waals surface area (Å²) in [4.78, 5) is 2.01. The molecule has 0 spiro atoms. The summed E-state index contributed by atoms with van der Waals surface area (Å²) in [5, 5.41) is 5.68. The molecule has 0 aliphatic rings. The van der Waals surface area contributed by atoms with Crippen molar-refractivity contribution in [3.63, 3.8) is 0 Å². The second-order valence-corrected chi connectivity index (χ2v) is 14.4. The first kappa shape index (κ1) is 33.4. The Morgan fingerprint density at radius 3 is 1.17 bits per heavy atom. The number of nitrogens with zero attached hydrogens (tertiary/aromatic N) is 1. The van der Waals surface area contributed by atoms with Gasteiger partial charge in [-0.1, -0.05) is 36.7 Å². The molecular weight excluding hydrogens is 487 g/mol. The maximum Gasteiger partial charge on any atom is 2.00 e. The van der Waals surface area contributed by atoms with E-state index in [9.17, 15) is 0 Å². The Balaban J connectivity index is -0.000000129. The summed E-state index contributed by atoms with van der Waals surface area (Å²) in [7, 11) is -0.389. The van der Waals surface area contributed by atoms with Crippen LogP contribution in [0.25, 0.3) is 0 Å². The minimum atomic E-state index is -0.389. The van der Waals surface area contributed by atoms with Gasteiger partial charge in [-0.05, 0) is 13.8 Å². The van der Waals surface area contributed by atoms with E-state index in [0.717, 1.165) is 13.1 Å². The molecule has 0 rings (SSSR count). The molecule has 0 atom stereocenters. The molecule has 0 amide bonds. The van der Waals surface area contributed by atoms with Gasteiger partial charge in [0.2, 0.25) is 0 Å². The number of thiocarbonyl (C=S) groups is 3. The van der Waals surface area contributed by atoms with Gasteiger partial charge < -0.3 is 15.5 Å². The quantitative estimate of drug-likeness (QED) is 0.126. The zero-order valence-electron chi connectivity index (χ0n) is 15.5. The zero-order chi connectivity index (χ0) is 19.1. The minimum absolute atomic E-state index is 0. The van der Waals surface area contributed by atoms with E-state index in [4.69, 9.17) is 12.2 Å². The van der Waals surface area contributed by atoms with E-state index in [1.807, 2.05) is 4.90 Å². The molecule has 0 bridgehead atoms. The van der Waals surface area contributed by atoms with E-state index < -0.39 is 0 Å². The van der Waals surface area contributed by atoms with E-state index in [2.05, 4.69) is 113 Å². The fraction of sp³-hybridized carbons (Fsp3) is 0.769. The van der Waals surface area contributed by atoms with Gasteiger partial charge in [0, 0.05) is 60.1 Å². The molecule has 0 fully saturated rings. The molecule has 24 heavy (non-hydrogen) atoms. The van der Waals surface area contributed by atoms with E-state index in [1.54, 1.807) is 0 Å². The molecule has 0 saturated carbocycles. The smallest absolute Gasteiger partial charge is 0.369 e. The third-order valence-electron chi connectivity index (χ3n) is 1.71. The maximum absolute atomic E-state index is 4.81. The van der Waals surface area contributed by atoms with Gasteiger partial charge in [0.1, 0.15) is 13.0 Å². The summed E-state index contributed by atoms with van der Waals surface area (Å²) in [6, 6.07) is 0. The van der Waals surface area contributed by atoms with Crippen LogP contribution in [-0.4, -0.2) is 70.7 Å². The van der Waals surface area contributed by atoms with Crippen molar-refractivity contribution in [2.45, 2.75) is 13.8 Å². The van der Waals surface area contributed by atoms with Gasteiger partial charge in [-0.25, -0.2) is 0 Å². The van der Waals surface area contributed by atoms with E-state index in [0.29, 0.717) is 26.1 Å². The Kier molecular flexibility index (Phi) is 29.3. The van der Waals surface area contributed by atoms with Crippen LogP contribution in [0.5, 0.6) is 0 Å². The molecule has 2 N–H and O–H groups in total. The first-order valence-electron chi connectivity index (χ1n) is 7.05. The zero-order valence-corrected chi connectivity index (χ0v) is 24.5. The number of thiol groups is 3. The van der Waals surface area contributed by atoms with Gasteiger partial charge in [-0.2, -0.15) is 0 Å². The van der Waals surface area contributed by atoms with Crippen LogP contribution in [0, 0.1) is 0 Å². The van der Waals surface area contributed by atoms with Crippen LogP contribution in [0.4, 0.5) is 0 Å². The fourth-order valence-corrected chi connectivity index (χ4v) is 1.80. The maximum atomic E-state index is 4.81. The SMILES string of the molecule is CCN(CC)C(=S)S.C[P+](C)(C)C.S=C(S)NCCNC(=S)S.[Zn+2]. The van der Waals surface area contributed by atoms with Crippen molar-refractivity contribution < 1.29 is 19.5 Å². The monoisotopic (exact) mass is 516 g/mol. The number of hydrogen-bond acceptors (Lipinski definition) is 3. The minimum Gasteiger partial charge on any atom is -0.369 e. The molecule has 138 valence electrons. The van der Waals surface area contributed by atoms with Crippen LogP contribution in [0.2, 0.25) is 0 Å². The summed E-state index contributed by atoms with van der Waals surface area (Å²) >= 11 is 25.8. The Labute approximate surface area is 194 Å². The fourth-order valence-electron chi connectivity index (χ4n) is 0.833. The normalized spacial score (nSPS) is 9.04. The summed E-state index contributed by atoms with van der Waals surface area (Å²) < 4.78 is 1.67. The third-order valence-corrected chi connectivity index (χ3v) is 2.86. The van der Waals surface area contributed by atoms with Crippen molar-refractivity contribution in [3.05, 3.63) is 0 Å². The van der Waals surface area contributed by atoms with E-state index in [-0.39, 0.29) is 26.7 Å². The van der Waals surface area contributed by atoms with Gasteiger partial charge in [0.15, 0.2) is 0 Å². The first-order valence-corrected chi connectivity index (χ1v) is 13.2. The van der Waals surface area contributed by atoms with Crippen LogP contribution < -0.4 is 10.6 Å². The number of hydrogen-bond donors (Lipinski definition) is 5. The molecule has 0 aliphatic carbocycles. The van der Waals surface area contributed by atoms with Crippen LogP contribution >= 0.6 is 81.8 Å². The second-order valence-electron chi connectivity index (χ2n) is 5.60.